The lowest BCUT2D eigenvalue weighted by Gasteiger charge is -2.32. The lowest BCUT2D eigenvalue weighted by molar-refractivity contribution is 0.354. The Labute approximate surface area is 95.9 Å². The maximum absolute atomic E-state index is 6.10. The number of benzene rings is 1. The molecule has 4 heteroatoms. The highest BCUT2D eigenvalue weighted by Gasteiger charge is 2.23. The Balaban J connectivity index is 2.53. The molecule has 0 saturated heterocycles. The van der Waals surface area contributed by atoms with Crippen molar-refractivity contribution < 1.29 is 9.47 Å². The second kappa shape index (κ2) is 4.22. The molecule has 0 radical (unpaired) electrons. The molecule has 1 heterocycles. The summed E-state index contributed by atoms with van der Waals surface area (Å²) in [7, 11) is 5.35. The third kappa shape index (κ3) is 1.69. The highest BCUT2D eigenvalue weighted by atomic mass is 16.5. The molecule has 1 aliphatic rings. The van der Waals surface area contributed by atoms with Crippen LogP contribution in [-0.4, -0.2) is 27.8 Å². The zero-order valence-electron chi connectivity index (χ0n) is 9.99. The molecule has 1 aliphatic heterocycles. The van der Waals surface area contributed by atoms with Crippen molar-refractivity contribution in [2.45, 2.75) is 12.5 Å². The van der Waals surface area contributed by atoms with E-state index in [1.54, 1.807) is 14.2 Å². The Kier molecular flexibility index (Phi) is 2.92. The molecule has 0 aliphatic carbocycles. The average molecular weight is 222 g/mol. The van der Waals surface area contributed by atoms with E-state index < -0.39 is 0 Å². The molecule has 2 rings (SSSR count). The number of hydrogen-bond donors (Lipinski definition) is 1. The molecule has 2 N–H and O–H groups in total. The van der Waals surface area contributed by atoms with E-state index in [-0.39, 0.29) is 6.04 Å². The minimum atomic E-state index is 0.0889. The first-order valence-corrected chi connectivity index (χ1v) is 5.40. The molecule has 1 unspecified atom stereocenters. The average Bonchev–Trinajstić information content (AvgIpc) is 2.32. The predicted molar refractivity (Wildman–Crippen MR) is 64.4 cm³/mol. The first-order chi connectivity index (χ1) is 7.67. The van der Waals surface area contributed by atoms with Gasteiger partial charge < -0.3 is 20.1 Å². The van der Waals surface area contributed by atoms with Gasteiger partial charge in [0, 0.05) is 31.4 Å². The number of hydrogen-bond acceptors (Lipinski definition) is 4. The number of rotatable bonds is 2. The van der Waals surface area contributed by atoms with Gasteiger partial charge in [-0.25, -0.2) is 0 Å². The van der Waals surface area contributed by atoms with Crippen LogP contribution in [0.25, 0.3) is 0 Å². The maximum Gasteiger partial charge on any atom is 0.162 e. The van der Waals surface area contributed by atoms with Gasteiger partial charge in [0.15, 0.2) is 11.5 Å². The molecule has 0 bridgehead atoms. The van der Waals surface area contributed by atoms with E-state index in [4.69, 9.17) is 15.2 Å². The van der Waals surface area contributed by atoms with E-state index in [9.17, 15) is 0 Å². The van der Waals surface area contributed by atoms with Gasteiger partial charge in [0.1, 0.15) is 0 Å². The number of ether oxygens (including phenoxy) is 2. The minimum Gasteiger partial charge on any atom is -0.493 e. The van der Waals surface area contributed by atoms with Crippen LogP contribution in [0.2, 0.25) is 0 Å². The van der Waals surface area contributed by atoms with Crippen molar-refractivity contribution >= 4 is 5.69 Å². The molecule has 88 valence electrons. The summed E-state index contributed by atoms with van der Waals surface area (Å²) in [6, 6.07) is 4.06. The lowest BCUT2D eigenvalue weighted by atomic mass is 9.97. The molecule has 0 fully saturated rings. The molecule has 0 aromatic heterocycles. The summed E-state index contributed by atoms with van der Waals surface area (Å²) in [5.41, 5.74) is 8.37. The van der Waals surface area contributed by atoms with Gasteiger partial charge in [-0.3, -0.25) is 0 Å². The molecule has 1 aromatic carbocycles. The summed E-state index contributed by atoms with van der Waals surface area (Å²) in [5, 5.41) is 0. The van der Waals surface area contributed by atoms with Crippen LogP contribution in [0.5, 0.6) is 11.5 Å². The van der Waals surface area contributed by atoms with E-state index in [0.717, 1.165) is 35.7 Å². The molecule has 1 atom stereocenters. The summed E-state index contributed by atoms with van der Waals surface area (Å²) in [6.45, 7) is 0.976. The quantitative estimate of drug-likeness (QED) is 0.824. The zero-order chi connectivity index (χ0) is 11.7. The Morgan fingerprint density at radius 2 is 1.88 bits per heavy atom. The van der Waals surface area contributed by atoms with E-state index >= 15 is 0 Å². The third-order valence-corrected chi connectivity index (χ3v) is 3.12. The number of anilines is 1. The summed E-state index contributed by atoms with van der Waals surface area (Å²) in [4.78, 5) is 2.20. The van der Waals surface area contributed by atoms with E-state index in [2.05, 4.69) is 11.9 Å². The summed E-state index contributed by atoms with van der Waals surface area (Å²) >= 11 is 0. The van der Waals surface area contributed by atoms with Crippen LogP contribution in [-0.2, 0) is 0 Å². The number of methoxy groups -OCH3 is 2. The van der Waals surface area contributed by atoms with Crippen LogP contribution in [0.1, 0.15) is 18.0 Å². The molecular formula is C12H18N2O2. The summed E-state index contributed by atoms with van der Waals surface area (Å²) in [5.74, 6) is 1.49. The van der Waals surface area contributed by atoms with Crippen molar-refractivity contribution in [3.8, 4) is 11.5 Å². The van der Waals surface area contributed by atoms with E-state index in [1.165, 1.54) is 0 Å². The summed E-state index contributed by atoms with van der Waals surface area (Å²) < 4.78 is 10.6. The number of fused-ring (bicyclic) bond motifs is 1. The minimum absolute atomic E-state index is 0.0889. The van der Waals surface area contributed by atoms with Gasteiger partial charge in [-0.05, 0) is 18.1 Å². The Bertz CT molecular complexity index is 356. The van der Waals surface area contributed by atoms with Crippen molar-refractivity contribution in [3.63, 3.8) is 0 Å². The van der Waals surface area contributed by atoms with Crippen LogP contribution in [0.15, 0.2) is 12.1 Å². The zero-order valence-corrected chi connectivity index (χ0v) is 9.99. The van der Waals surface area contributed by atoms with Crippen molar-refractivity contribution in [2.75, 3.05) is 32.7 Å². The Morgan fingerprint density at radius 1 is 1.25 bits per heavy atom. The van der Waals surface area contributed by atoms with Crippen LogP contribution in [0.3, 0.4) is 0 Å². The second-order valence-electron chi connectivity index (χ2n) is 4.08. The topological polar surface area (TPSA) is 47.7 Å². The van der Waals surface area contributed by atoms with Gasteiger partial charge in [-0.15, -0.1) is 0 Å². The molecule has 0 spiro atoms. The van der Waals surface area contributed by atoms with Crippen LogP contribution < -0.4 is 20.1 Å². The van der Waals surface area contributed by atoms with Gasteiger partial charge >= 0.3 is 0 Å². The first-order valence-electron chi connectivity index (χ1n) is 5.40. The summed E-state index contributed by atoms with van der Waals surface area (Å²) in [6.07, 6.45) is 0.971. The lowest BCUT2D eigenvalue weighted by Crippen LogP contribution is -2.30. The van der Waals surface area contributed by atoms with Gasteiger partial charge in [0.2, 0.25) is 0 Å². The first kappa shape index (κ1) is 11.1. The molecular weight excluding hydrogens is 204 g/mol. The molecule has 0 saturated carbocycles. The fraction of sp³-hybridized carbons (Fsp3) is 0.500. The second-order valence-corrected chi connectivity index (χ2v) is 4.08. The van der Waals surface area contributed by atoms with Crippen molar-refractivity contribution in [2.24, 2.45) is 5.73 Å². The van der Waals surface area contributed by atoms with E-state index in [1.807, 2.05) is 12.1 Å². The van der Waals surface area contributed by atoms with Crippen molar-refractivity contribution in [1.82, 2.24) is 0 Å². The standard InChI is InChI=1S/C12H18N2O2/c1-14-5-4-9(13)8-6-11(15-2)12(16-3)7-10(8)14/h6-7,9H,4-5,13H2,1-3H3. The number of nitrogens with two attached hydrogens (primary N) is 1. The van der Waals surface area contributed by atoms with Gasteiger partial charge in [0.25, 0.3) is 0 Å². The smallest absolute Gasteiger partial charge is 0.162 e. The van der Waals surface area contributed by atoms with Crippen LogP contribution in [0, 0.1) is 0 Å². The maximum atomic E-state index is 6.10. The molecule has 1 aromatic rings. The Morgan fingerprint density at radius 3 is 2.50 bits per heavy atom. The third-order valence-electron chi connectivity index (χ3n) is 3.12. The van der Waals surface area contributed by atoms with Crippen molar-refractivity contribution in [3.05, 3.63) is 17.7 Å². The van der Waals surface area contributed by atoms with Crippen LogP contribution >= 0.6 is 0 Å². The van der Waals surface area contributed by atoms with Crippen molar-refractivity contribution in [1.29, 1.82) is 0 Å². The van der Waals surface area contributed by atoms with Gasteiger partial charge in [-0.1, -0.05) is 0 Å². The fourth-order valence-corrected chi connectivity index (χ4v) is 2.12. The highest BCUT2D eigenvalue weighted by molar-refractivity contribution is 5.64. The normalized spacial score (nSPS) is 19.2. The predicted octanol–water partition coefficient (Wildman–Crippen LogP) is 1.54. The molecule has 4 nitrogen and oxygen atoms in total. The SMILES string of the molecule is COc1cc2c(cc1OC)N(C)CCC2N. The van der Waals surface area contributed by atoms with Gasteiger partial charge in [0.05, 0.1) is 14.2 Å². The van der Waals surface area contributed by atoms with Crippen LogP contribution in [0.4, 0.5) is 5.69 Å². The van der Waals surface area contributed by atoms with E-state index in [0.29, 0.717) is 0 Å². The molecule has 16 heavy (non-hydrogen) atoms. The Hall–Kier alpha value is -1.42. The fourth-order valence-electron chi connectivity index (χ4n) is 2.12. The molecule has 0 amide bonds. The van der Waals surface area contributed by atoms with Gasteiger partial charge in [-0.2, -0.15) is 0 Å². The monoisotopic (exact) mass is 222 g/mol. The highest BCUT2D eigenvalue weighted by Crippen LogP contribution is 2.40. The number of nitrogens with zero attached hydrogens (tertiary/aromatic N) is 1. The largest absolute Gasteiger partial charge is 0.493 e.